The van der Waals surface area contributed by atoms with Crippen molar-refractivity contribution in [3.63, 3.8) is 0 Å². The van der Waals surface area contributed by atoms with Crippen LogP contribution in [0, 0.1) is 6.92 Å². The van der Waals surface area contributed by atoms with Crippen molar-refractivity contribution in [1.29, 1.82) is 0 Å². The SMILES string of the molecule is Cc1nn(-c2ccccc2)c2c1[C@@H](c1ccco1)c1c(ncn3nc(CO/N=C/c4ccccc4)nc13)O2. The van der Waals surface area contributed by atoms with Gasteiger partial charge in [0.1, 0.15) is 12.1 Å². The molecule has 0 saturated carbocycles. The number of furan rings is 1. The van der Waals surface area contributed by atoms with Crippen molar-refractivity contribution < 1.29 is 14.0 Å². The Labute approximate surface area is 216 Å². The zero-order valence-electron chi connectivity index (χ0n) is 20.3. The molecule has 1 aliphatic rings. The molecule has 10 nitrogen and oxygen atoms in total. The molecule has 0 fully saturated rings. The normalized spacial score (nSPS) is 14.4. The summed E-state index contributed by atoms with van der Waals surface area (Å²) >= 11 is 0. The Morgan fingerprint density at radius 3 is 2.58 bits per heavy atom. The zero-order valence-corrected chi connectivity index (χ0v) is 20.3. The van der Waals surface area contributed by atoms with Gasteiger partial charge in [-0.3, -0.25) is 0 Å². The number of para-hydroxylation sites is 1. The Balaban J connectivity index is 1.29. The minimum atomic E-state index is -0.341. The number of hydrogen-bond acceptors (Lipinski definition) is 8. The number of aromatic nitrogens is 6. The number of benzene rings is 2. The van der Waals surface area contributed by atoms with Crippen molar-refractivity contribution in [3.05, 3.63) is 119 Å². The fourth-order valence-corrected chi connectivity index (χ4v) is 4.70. The van der Waals surface area contributed by atoms with Crippen LogP contribution in [0.1, 0.15) is 39.9 Å². The molecule has 0 bridgehead atoms. The molecule has 0 saturated heterocycles. The van der Waals surface area contributed by atoms with Gasteiger partial charge in [-0.15, -0.1) is 5.10 Å². The number of aryl methyl sites for hydroxylation is 1. The molecule has 0 amide bonds. The van der Waals surface area contributed by atoms with Gasteiger partial charge >= 0.3 is 0 Å². The molecule has 1 aliphatic heterocycles. The summed E-state index contributed by atoms with van der Waals surface area (Å²) < 4.78 is 15.7. The van der Waals surface area contributed by atoms with Crippen LogP contribution in [0.4, 0.5) is 0 Å². The number of rotatable bonds is 6. The van der Waals surface area contributed by atoms with Crippen LogP contribution in [0.5, 0.6) is 11.8 Å². The van der Waals surface area contributed by atoms with Gasteiger partial charge in [-0.25, -0.2) is 19.2 Å². The molecule has 2 aromatic carbocycles. The minimum absolute atomic E-state index is 0.0995. The highest BCUT2D eigenvalue weighted by Gasteiger charge is 2.39. The standard InChI is InChI=1S/C28H21N7O3/c1-18-23-24(21-13-8-14-36-21)25-26-31-22(16-37-30-15-19-9-4-2-5-10-19)33-34(26)17-29-27(25)38-28(23)35(32-18)20-11-6-3-7-12-20/h2-15,17,24H,16H2,1H3/b30-15+/t24-/m1/s1. The Bertz CT molecular complexity index is 1760. The summed E-state index contributed by atoms with van der Waals surface area (Å²) in [5.41, 5.74) is 4.87. The molecule has 6 aromatic rings. The lowest BCUT2D eigenvalue weighted by Gasteiger charge is -2.24. The van der Waals surface area contributed by atoms with Gasteiger partial charge in [0.05, 0.1) is 40.9 Å². The van der Waals surface area contributed by atoms with E-state index in [2.05, 4.69) is 15.2 Å². The molecule has 5 heterocycles. The van der Waals surface area contributed by atoms with Crippen LogP contribution in [0.25, 0.3) is 11.3 Å². The quantitative estimate of drug-likeness (QED) is 0.231. The van der Waals surface area contributed by atoms with Gasteiger partial charge in [0.15, 0.2) is 18.1 Å². The Morgan fingerprint density at radius 1 is 0.974 bits per heavy atom. The monoisotopic (exact) mass is 503 g/mol. The second-order valence-electron chi connectivity index (χ2n) is 8.78. The van der Waals surface area contributed by atoms with Crippen LogP contribution in [0.2, 0.25) is 0 Å². The average Bonchev–Trinajstić information content (AvgIpc) is 3.70. The van der Waals surface area contributed by atoms with Crippen LogP contribution in [-0.4, -0.2) is 35.6 Å². The highest BCUT2D eigenvalue weighted by atomic mass is 16.6. The van der Waals surface area contributed by atoms with E-state index in [9.17, 15) is 0 Å². The van der Waals surface area contributed by atoms with E-state index in [1.807, 2.05) is 79.7 Å². The third-order valence-electron chi connectivity index (χ3n) is 6.36. The van der Waals surface area contributed by atoms with E-state index in [-0.39, 0.29) is 12.5 Å². The first-order valence-electron chi connectivity index (χ1n) is 12.1. The van der Waals surface area contributed by atoms with E-state index in [4.69, 9.17) is 24.1 Å². The van der Waals surface area contributed by atoms with Crippen molar-refractivity contribution in [2.45, 2.75) is 19.4 Å². The van der Waals surface area contributed by atoms with E-state index in [1.165, 1.54) is 0 Å². The number of fused-ring (bicyclic) bond motifs is 4. The number of oxime groups is 1. The van der Waals surface area contributed by atoms with Gasteiger partial charge in [0, 0.05) is 0 Å². The van der Waals surface area contributed by atoms with Crippen LogP contribution in [-0.2, 0) is 11.4 Å². The lowest BCUT2D eigenvalue weighted by Crippen LogP contribution is -2.15. The second kappa shape index (κ2) is 9.00. The van der Waals surface area contributed by atoms with Gasteiger partial charge in [-0.2, -0.15) is 5.10 Å². The van der Waals surface area contributed by atoms with E-state index in [0.717, 1.165) is 33.8 Å². The molecular formula is C28H21N7O3. The first-order chi connectivity index (χ1) is 18.8. The predicted molar refractivity (Wildman–Crippen MR) is 138 cm³/mol. The highest BCUT2D eigenvalue weighted by Crippen LogP contribution is 2.49. The van der Waals surface area contributed by atoms with Crippen LogP contribution in [0.15, 0.2) is 95.0 Å². The minimum Gasteiger partial charge on any atom is -0.468 e. The third-order valence-corrected chi connectivity index (χ3v) is 6.36. The van der Waals surface area contributed by atoms with Crippen molar-refractivity contribution in [2.24, 2.45) is 5.16 Å². The zero-order chi connectivity index (χ0) is 25.5. The number of nitrogens with zero attached hydrogens (tertiary/aromatic N) is 7. The molecule has 0 aliphatic carbocycles. The summed E-state index contributed by atoms with van der Waals surface area (Å²) in [5, 5.41) is 13.4. The first kappa shape index (κ1) is 22.0. The highest BCUT2D eigenvalue weighted by molar-refractivity contribution is 5.78. The molecule has 4 aromatic heterocycles. The summed E-state index contributed by atoms with van der Waals surface area (Å²) in [7, 11) is 0. The first-order valence-corrected chi connectivity index (χ1v) is 12.1. The molecule has 38 heavy (non-hydrogen) atoms. The number of ether oxygens (including phenoxy) is 1. The fourth-order valence-electron chi connectivity index (χ4n) is 4.70. The summed E-state index contributed by atoms with van der Waals surface area (Å²) in [4.78, 5) is 14.8. The molecule has 0 spiro atoms. The lowest BCUT2D eigenvalue weighted by atomic mass is 9.88. The van der Waals surface area contributed by atoms with Gasteiger partial charge in [-0.1, -0.05) is 53.7 Å². The van der Waals surface area contributed by atoms with Crippen LogP contribution >= 0.6 is 0 Å². The van der Waals surface area contributed by atoms with Crippen molar-refractivity contribution >= 4 is 11.9 Å². The van der Waals surface area contributed by atoms with Gasteiger partial charge in [-0.05, 0) is 36.8 Å². The van der Waals surface area contributed by atoms with E-state index >= 15 is 0 Å². The summed E-state index contributed by atoms with van der Waals surface area (Å²) in [6.45, 7) is 2.06. The molecule has 0 N–H and O–H groups in total. The maximum absolute atomic E-state index is 6.39. The van der Waals surface area contributed by atoms with Crippen LogP contribution in [0.3, 0.4) is 0 Å². The maximum Gasteiger partial charge on any atom is 0.230 e. The summed E-state index contributed by atoms with van der Waals surface area (Å²) in [5.74, 6) is 1.87. The van der Waals surface area contributed by atoms with E-state index in [1.54, 1.807) is 28.0 Å². The molecular weight excluding hydrogens is 482 g/mol. The van der Waals surface area contributed by atoms with Gasteiger partial charge in [0.2, 0.25) is 11.8 Å². The predicted octanol–water partition coefficient (Wildman–Crippen LogP) is 5.05. The van der Waals surface area contributed by atoms with E-state index < -0.39 is 0 Å². The molecule has 0 radical (unpaired) electrons. The van der Waals surface area contributed by atoms with Gasteiger partial charge < -0.3 is 14.0 Å². The molecule has 186 valence electrons. The third kappa shape index (κ3) is 3.70. The summed E-state index contributed by atoms with van der Waals surface area (Å²) in [6.07, 6.45) is 4.88. The van der Waals surface area contributed by atoms with Crippen molar-refractivity contribution in [2.75, 3.05) is 0 Å². The Hall–Kier alpha value is -5.25. The smallest absolute Gasteiger partial charge is 0.230 e. The van der Waals surface area contributed by atoms with Crippen LogP contribution < -0.4 is 4.74 Å². The molecule has 0 unspecified atom stereocenters. The summed E-state index contributed by atoms with van der Waals surface area (Å²) in [6, 6.07) is 23.4. The topological polar surface area (TPSA) is 105 Å². The Kier molecular flexibility index (Phi) is 5.21. The maximum atomic E-state index is 6.39. The second-order valence-corrected chi connectivity index (χ2v) is 8.78. The fraction of sp³-hybridized carbons (Fsp3) is 0.107. The van der Waals surface area contributed by atoms with Crippen molar-refractivity contribution in [3.8, 4) is 17.4 Å². The van der Waals surface area contributed by atoms with E-state index in [0.29, 0.717) is 23.2 Å². The lowest BCUT2D eigenvalue weighted by molar-refractivity contribution is 0.126. The average molecular weight is 504 g/mol. The van der Waals surface area contributed by atoms with Crippen molar-refractivity contribution in [1.82, 2.24) is 29.4 Å². The largest absolute Gasteiger partial charge is 0.468 e. The Morgan fingerprint density at radius 2 is 1.79 bits per heavy atom. The molecule has 7 rings (SSSR count). The number of hydrogen-bond donors (Lipinski definition) is 0. The molecule has 1 atom stereocenters. The van der Waals surface area contributed by atoms with Gasteiger partial charge in [0.25, 0.3) is 0 Å². The molecule has 10 heteroatoms.